The lowest BCUT2D eigenvalue weighted by Gasteiger charge is -2.33. The number of carbonyl (C=O) groups is 1. The van der Waals surface area contributed by atoms with E-state index in [2.05, 4.69) is 4.98 Å². The van der Waals surface area contributed by atoms with Crippen LogP contribution in [0, 0.1) is 0 Å². The number of nitrogens with zero attached hydrogens (tertiary/aromatic N) is 2. The van der Waals surface area contributed by atoms with Gasteiger partial charge in [0.2, 0.25) is 0 Å². The van der Waals surface area contributed by atoms with Crippen molar-refractivity contribution < 1.29 is 19.0 Å². The summed E-state index contributed by atoms with van der Waals surface area (Å²) >= 11 is 5.12. The van der Waals surface area contributed by atoms with Crippen molar-refractivity contribution in [2.75, 3.05) is 21.3 Å². The summed E-state index contributed by atoms with van der Waals surface area (Å²) in [5.41, 5.74) is 2.14. The minimum Gasteiger partial charge on any atom is -0.496 e. The van der Waals surface area contributed by atoms with Gasteiger partial charge in [0, 0.05) is 18.9 Å². The van der Waals surface area contributed by atoms with Crippen molar-refractivity contribution in [3.8, 4) is 11.5 Å². The van der Waals surface area contributed by atoms with Crippen molar-refractivity contribution in [3.05, 3.63) is 77.9 Å². The fourth-order valence-corrected chi connectivity index (χ4v) is 3.75. The van der Waals surface area contributed by atoms with Crippen LogP contribution in [0.15, 0.2) is 61.2 Å². The summed E-state index contributed by atoms with van der Waals surface area (Å²) in [6, 6.07) is 12.8. The minimum atomic E-state index is -0.812. The van der Waals surface area contributed by atoms with Crippen LogP contribution in [0.3, 0.4) is 0 Å². The number of ether oxygens (including phenoxy) is 3. The third kappa shape index (κ3) is 3.71. The molecule has 3 aromatic rings. The van der Waals surface area contributed by atoms with E-state index >= 15 is 0 Å². The van der Waals surface area contributed by atoms with E-state index in [9.17, 15) is 4.79 Å². The van der Waals surface area contributed by atoms with Gasteiger partial charge in [-0.3, -0.25) is 0 Å². The monoisotopic (exact) mass is 398 g/mol. The molecule has 2 aromatic carbocycles. The van der Waals surface area contributed by atoms with Crippen LogP contribution in [0.4, 0.5) is 0 Å². The fraction of sp³-hybridized carbons (Fsp3) is 0.238. The normalized spacial score (nSPS) is 12.9. The Hall–Kier alpha value is -2.93. The van der Waals surface area contributed by atoms with Gasteiger partial charge in [-0.1, -0.05) is 18.2 Å². The van der Waals surface area contributed by atoms with Gasteiger partial charge in [-0.05, 0) is 29.8 Å². The first-order valence-electron chi connectivity index (χ1n) is 8.62. The van der Waals surface area contributed by atoms with Crippen molar-refractivity contribution >= 4 is 18.6 Å². The molecule has 6 nitrogen and oxygen atoms in total. The summed E-state index contributed by atoms with van der Waals surface area (Å²) in [5, 5.41) is 0. The number of aromatic nitrogens is 2. The number of esters is 1. The highest BCUT2D eigenvalue weighted by atomic mass is 32.1. The first-order chi connectivity index (χ1) is 13.5. The van der Waals surface area contributed by atoms with Gasteiger partial charge in [-0.15, -0.1) is 0 Å². The van der Waals surface area contributed by atoms with E-state index in [1.54, 1.807) is 38.9 Å². The third-order valence-corrected chi connectivity index (χ3v) is 5.22. The van der Waals surface area contributed by atoms with E-state index in [1.165, 1.54) is 7.11 Å². The second-order valence-electron chi connectivity index (χ2n) is 6.20. The van der Waals surface area contributed by atoms with E-state index in [4.69, 9.17) is 26.8 Å². The summed E-state index contributed by atoms with van der Waals surface area (Å²) in [6.07, 6.45) is 5.32. The Balaban J connectivity index is 2.18. The van der Waals surface area contributed by atoms with Crippen LogP contribution in [-0.4, -0.2) is 36.8 Å². The highest BCUT2D eigenvalue weighted by Gasteiger charge is 2.37. The molecule has 0 radical (unpaired) electrons. The molecule has 7 heteroatoms. The Kier molecular flexibility index (Phi) is 5.94. The van der Waals surface area contributed by atoms with Crippen molar-refractivity contribution in [2.24, 2.45) is 0 Å². The van der Waals surface area contributed by atoms with Crippen LogP contribution in [0.1, 0.15) is 21.5 Å². The van der Waals surface area contributed by atoms with Gasteiger partial charge in [0.1, 0.15) is 11.5 Å². The molecule has 0 saturated heterocycles. The number of carbonyl (C=O) groups excluding carboxylic acids is 1. The first kappa shape index (κ1) is 19.8. The molecule has 0 fully saturated rings. The molecule has 0 aliphatic heterocycles. The second-order valence-corrected chi connectivity index (χ2v) is 6.97. The van der Waals surface area contributed by atoms with Crippen LogP contribution < -0.4 is 9.47 Å². The second kappa shape index (κ2) is 8.39. The predicted molar refractivity (Wildman–Crippen MR) is 109 cm³/mol. The van der Waals surface area contributed by atoms with Crippen molar-refractivity contribution in [2.45, 2.75) is 11.3 Å². The quantitative estimate of drug-likeness (QED) is 0.487. The summed E-state index contributed by atoms with van der Waals surface area (Å²) in [5.74, 6) is 0.929. The lowest BCUT2D eigenvalue weighted by Crippen LogP contribution is -2.28. The Morgan fingerprint density at radius 1 is 1.07 bits per heavy atom. The molecule has 146 valence electrons. The average molecular weight is 398 g/mol. The molecular formula is C21H22N2O4S. The summed E-state index contributed by atoms with van der Waals surface area (Å²) in [4.78, 5) is 15.9. The maximum absolute atomic E-state index is 11.8. The van der Waals surface area contributed by atoms with Gasteiger partial charge in [0.05, 0.1) is 43.5 Å². The lowest BCUT2D eigenvalue weighted by molar-refractivity contribution is 0.0600. The Morgan fingerprint density at radius 3 is 2.21 bits per heavy atom. The molecule has 1 aromatic heterocycles. The summed E-state index contributed by atoms with van der Waals surface area (Å²) in [6.45, 7) is 0.477. The SMILES string of the molecule is COC(=O)c1ccc(C(S)(Cn2ccnc2)c2c(OC)cccc2OC)cc1. The highest BCUT2D eigenvalue weighted by molar-refractivity contribution is 7.81. The molecule has 1 atom stereocenters. The van der Waals surface area contributed by atoms with Crippen molar-refractivity contribution in [3.63, 3.8) is 0 Å². The summed E-state index contributed by atoms with van der Waals surface area (Å²) < 4.78 is 17.2. The topological polar surface area (TPSA) is 62.6 Å². The van der Waals surface area contributed by atoms with E-state index in [0.717, 1.165) is 11.1 Å². The largest absolute Gasteiger partial charge is 0.496 e. The van der Waals surface area contributed by atoms with Gasteiger partial charge in [0.25, 0.3) is 0 Å². The van der Waals surface area contributed by atoms with Crippen LogP contribution >= 0.6 is 12.6 Å². The molecule has 0 spiro atoms. The molecule has 0 N–H and O–H groups in total. The number of rotatable bonds is 7. The molecule has 1 unspecified atom stereocenters. The Labute approximate surface area is 169 Å². The molecule has 0 amide bonds. The van der Waals surface area contributed by atoms with Gasteiger partial charge in [-0.25, -0.2) is 9.78 Å². The molecular weight excluding hydrogens is 376 g/mol. The average Bonchev–Trinajstić information content (AvgIpc) is 3.25. The number of thiol groups is 1. The third-order valence-electron chi connectivity index (χ3n) is 4.60. The molecule has 0 saturated carbocycles. The highest BCUT2D eigenvalue weighted by Crippen LogP contribution is 2.47. The van der Waals surface area contributed by atoms with Crippen molar-refractivity contribution in [1.29, 1.82) is 0 Å². The minimum absolute atomic E-state index is 0.388. The zero-order chi connectivity index (χ0) is 20.1. The van der Waals surface area contributed by atoms with Crippen LogP contribution in [-0.2, 0) is 16.0 Å². The van der Waals surface area contributed by atoms with Crippen LogP contribution in [0.5, 0.6) is 11.5 Å². The summed E-state index contributed by atoms with van der Waals surface area (Å²) in [7, 11) is 4.59. The number of methoxy groups -OCH3 is 3. The van der Waals surface area contributed by atoms with Crippen molar-refractivity contribution in [1.82, 2.24) is 9.55 Å². The zero-order valence-electron chi connectivity index (χ0n) is 16.0. The van der Waals surface area contributed by atoms with E-state index in [0.29, 0.717) is 23.6 Å². The molecule has 1 heterocycles. The van der Waals surface area contributed by atoms with E-state index < -0.39 is 4.75 Å². The fourth-order valence-electron chi connectivity index (χ4n) is 3.22. The molecule has 28 heavy (non-hydrogen) atoms. The predicted octanol–water partition coefficient (Wildman–Crippen LogP) is 3.56. The number of imidazole rings is 1. The Morgan fingerprint density at radius 2 is 1.71 bits per heavy atom. The number of hydrogen-bond acceptors (Lipinski definition) is 6. The first-order valence-corrected chi connectivity index (χ1v) is 9.06. The van der Waals surface area contributed by atoms with Gasteiger partial charge >= 0.3 is 5.97 Å². The van der Waals surface area contributed by atoms with E-state index in [-0.39, 0.29) is 5.97 Å². The van der Waals surface area contributed by atoms with Gasteiger partial charge < -0.3 is 18.8 Å². The smallest absolute Gasteiger partial charge is 0.337 e. The maximum Gasteiger partial charge on any atom is 0.337 e. The van der Waals surface area contributed by atoms with Gasteiger partial charge in [-0.2, -0.15) is 12.6 Å². The molecule has 0 bridgehead atoms. The maximum atomic E-state index is 11.8. The van der Waals surface area contributed by atoms with Gasteiger partial charge in [0.15, 0.2) is 0 Å². The molecule has 0 aliphatic rings. The van der Waals surface area contributed by atoms with Crippen LogP contribution in [0.2, 0.25) is 0 Å². The van der Waals surface area contributed by atoms with Crippen LogP contribution in [0.25, 0.3) is 0 Å². The van der Waals surface area contributed by atoms with E-state index in [1.807, 2.05) is 41.1 Å². The number of hydrogen-bond donors (Lipinski definition) is 1. The zero-order valence-corrected chi connectivity index (χ0v) is 16.8. The molecule has 0 aliphatic carbocycles. The molecule has 3 rings (SSSR count). The number of benzene rings is 2. The standard InChI is InChI=1S/C21H22N2O4S/c1-25-17-5-4-6-18(26-2)19(17)21(28,13-23-12-11-22-14-23)16-9-7-15(8-10-16)20(24)27-3/h4-12,14,28H,13H2,1-3H3. The Bertz CT molecular complexity index is 919. The lowest BCUT2D eigenvalue weighted by atomic mass is 9.87.